The Hall–Kier alpha value is -0.810. The SMILES string of the molecule is CSCCN(C)c1c(F)cc(CCN)cc1F. The van der Waals surface area contributed by atoms with Crippen LogP contribution in [0.1, 0.15) is 5.56 Å². The molecule has 1 aromatic rings. The Morgan fingerprint density at radius 1 is 1.29 bits per heavy atom. The van der Waals surface area contributed by atoms with Gasteiger partial charge in [0, 0.05) is 19.3 Å². The van der Waals surface area contributed by atoms with Crippen LogP contribution >= 0.6 is 11.8 Å². The molecular weight excluding hydrogens is 242 g/mol. The van der Waals surface area contributed by atoms with Crippen LogP contribution in [0.15, 0.2) is 12.1 Å². The monoisotopic (exact) mass is 260 g/mol. The van der Waals surface area contributed by atoms with E-state index in [0.717, 1.165) is 5.75 Å². The molecule has 2 N–H and O–H groups in total. The maximum absolute atomic E-state index is 13.8. The van der Waals surface area contributed by atoms with Crippen LogP contribution < -0.4 is 10.6 Å². The van der Waals surface area contributed by atoms with Crippen molar-refractivity contribution >= 4 is 17.4 Å². The third-order valence-corrected chi connectivity index (χ3v) is 3.11. The maximum Gasteiger partial charge on any atom is 0.149 e. The van der Waals surface area contributed by atoms with Crippen LogP contribution in [0, 0.1) is 11.6 Å². The van der Waals surface area contributed by atoms with Crippen molar-refractivity contribution in [3.05, 3.63) is 29.3 Å². The van der Waals surface area contributed by atoms with Crippen LogP contribution in [-0.4, -0.2) is 32.1 Å². The Morgan fingerprint density at radius 2 is 1.88 bits per heavy atom. The minimum absolute atomic E-state index is 0.0415. The summed E-state index contributed by atoms with van der Waals surface area (Å²) in [5.41, 5.74) is 6.01. The molecule has 0 saturated carbocycles. The Morgan fingerprint density at radius 3 is 2.35 bits per heavy atom. The van der Waals surface area contributed by atoms with Crippen LogP contribution in [0.4, 0.5) is 14.5 Å². The minimum Gasteiger partial charge on any atom is -0.369 e. The second kappa shape index (κ2) is 6.81. The number of anilines is 1. The van der Waals surface area contributed by atoms with E-state index in [9.17, 15) is 8.78 Å². The Bertz CT molecular complexity index is 349. The predicted molar refractivity (Wildman–Crippen MR) is 70.8 cm³/mol. The fourth-order valence-electron chi connectivity index (χ4n) is 1.63. The van der Waals surface area contributed by atoms with E-state index in [4.69, 9.17) is 5.73 Å². The number of halogens is 2. The Labute approximate surface area is 105 Å². The number of rotatable bonds is 6. The Balaban J connectivity index is 2.92. The van der Waals surface area contributed by atoms with E-state index in [1.54, 1.807) is 23.7 Å². The molecule has 0 atom stereocenters. The number of benzene rings is 1. The molecule has 17 heavy (non-hydrogen) atoms. The molecule has 0 fully saturated rings. The van der Waals surface area contributed by atoms with Crippen molar-refractivity contribution in [2.24, 2.45) is 5.73 Å². The topological polar surface area (TPSA) is 29.3 Å². The molecule has 0 aliphatic heterocycles. The van der Waals surface area contributed by atoms with Gasteiger partial charge in [-0.3, -0.25) is 0 Å². The molecule has 0 saturated heterocycles. The number of hydrogen-bond donors (Lipinski definition) is 1. The average molecular weight is 260 g/mol. The van der Waals surface area contributed by atoms with Gasteiger partial charge in [-0.1, -0.05) is 0 Å². The fraction of sp³-hybridized carbons (Fsp3) is 0.500. The third-order valence-electron chi connectivity index (χ3n) is 2.52. The van der Waals surface area contributed by atoms with Crippen molar-refractivity contribution in [3.63, 3.8) is 0 Å². The third kappa shape index (κ3) is 3.85. The normalized spacial score (nSPS) is 10.6. The van der Waals surface area contributed by atoms with Crippen LogP contribution in [0.25, 0.3) is 0 Å². The molecule has 0 unspecified atom stereocenters. The number of thioether (sulfide) groups is 1. The van der Waals surface area contributed by atoms with Crippen LogP contribution in [0.3, 0.4) is 0 Å². The van der Waals surface area contributed by atoms with Crippen molar-refractivity contribution in [2.75, 3.05) is 37.0 Å². The molecule has 0 aromatic heterocycles. The zero-order chi connectivity index (χ0) is 12.8. The van der Waals surface area contributed by atoms with Gasteiger partial charge in [0.25, 0.3) is 0 Å². The highest BCUT2D eigenvalue weighted by atomic mass is 32.2. The molecule has 0 spiro atoms. The molecule has 5 heteroatoms. The first kappa shape index (κ1) is 14.3. The summed E-state index contributed by atoms with van der Waals surface area (Å²) in [6.07, 6.45) is 2.45. The molecular formula is C12H18F2N2S. The summed E-state index contributed by atoms with van der Waals surface area (Å²) in [6, 6.07) is 2.72. The summed E-state index contributed by atoms with van der Waals surface area (Å²) in [7, 11) is 1.69. The lowest BCUT2D eigenvalue weighted by Crippen LogP contribution is -2.23. The average Bonchev–Trinajstić information content (AvgIpc) is 2.25. The summed E-state index contributed by atoms with van der Waals surface area (Å²) in [5.74, 6) is -0.200. The van der Waals surface area contributed by atoms with Crippen molar-refractivity contribution in [2.45, 2.75) is 6.42 Å². The van der Waals surface area contributed by atoms with E-state index >= 15 is 0 Å². The lowest BCUT2D eigenvalue weighted by atomic mass is 10.1. The van der Waals surface area contributed by atoms with Gasteiger partial charge in [0.15, 0.2) is 0 Å². The van der Waals surface area contributed by atoms with Gasteiger partial charge in [-0.15, -0.1) is 0 Å². The molecule has 2 nitrogen and oxygen atoms in total. The highest BCUT2D eigenvalue weighted by Gasteiger charge is 2.14. The number of hydrogen-bond acceptors (Lipinski definition) is 3. The first-order chi connectivity index (χ1) is 8.10. The summed E-state index contributed by atoms with van der Waals surface area (Å²) < 4.78 is 27.6. The molecule has 0 aliphatic carbocycles. The van der Waals surface area contributed by atoms with E-state index in [1.807, 2.05) is 6.26 Å². The van der Waals surface area contributed by atoms with E-state index in [1.165, 1.54) is 12.1 Å². The first-order valence-electron chi connectivity index (χ1n) is 5.48. The summed E-state index contributed by atoms with van der Waals surface area (Å²) in [5, 5.41) is 0. The second-order valence-electron chi connectivity index (χ2n) is 3.86. The molecule has 0 aliphatic rings. The van der Waals surface area contributed by atoms with Gasteiger partial charge in [0.05, 0.1) is 0 Å². The zero-order valence-corrected chi connectivity index (χ0v) is 11.0. The first-order valence-corrected chi connectivity index (χ1v) is 6.87. The Kier molecular flexibility index (Phi) is 5.71. The number of nitrogens with two attached hydrogens (primary N) is 1. The smallest absolute Gasteiger partial charge is 0.149 e. The molecule has 1 rings (SSSR count). The van der Waals surface area contributed by atoms with Crippen LogP contribution in [-0.2, 0) is 6.42 Å². The molecule has 0 amide bonds. The fourth-order valence-corrected chi connectivity index (χ4v) is 2.09. The van der Waals surface area contributed by atoms with Gasteiger partial charge in [-0.2, -0.15) is 11.8 Å². The summed E-state index contributed by atoms with van der Waals surface area (Å²) in [6.45, 7) is 1.01. The van der Waals surface area contributed by atoms with Gasteiger partial charge in [-0.25, -0.2) is 8.78 Å². The molecule has 1 aromatic carbocycles. The quantitative estimate of drug-likeness (QED) is 0.850. The second-order valence-corrected chi connectivity index (χ2v) is 4.85. The summed E-state index contributed by atoms with van der Waals surface area (Å²) in [4.78, 5) is 1.60. The van der Waals surface area contributed by atoms with Crippen molar-refractivity contribution in [3.8, 4) is 0 Å². The van der Waals surface area contributed by atoms with Crippen molar-refractivity contribution < 1.29 is 8.78 Å². The largest absolute Gasteiger partial charge is 0.369 e. The van der Waals surface area contributed by atoms with Gasteiger partial charge in [0.1, 0.15) is 17.3 Å². The van der Waals surface area contributed by atoms with Crippen LogP contribution in [0.2, 0.25) is 0 Å². The lowest BCUT2D eigenvalue weighted by molar-refractivity contribution is 0.575. The van der Waals surface area contributed by atoms with E-state index in [0.29, 0.717) is 25.1 Å². The van der Waals surface area contributed by atoms with Gasteiger partial charge in [-0.05, 0) is 36.9 Å². The lowest BCUT2D eigenvalue weighted by Gasteiger charge is -2.20. The maximum atomic E-state index is 13.8. The predicted octanol–water partition coefficient (Wildman–Crippen LogP) is 2.27. The van der Waals surface area contributed by atoms with Crippen molar-refractivity contribution in [1.82, 2.24) is 0 Å². The van der Waals surface area contributed by atoms with Crippen LogP contribution in [0.5, 0.6) is 0 Å². The highest BCUT2D eigenvalue weighted by molar-refractivity contribution is 7.98. The molecule has 0 bridgehead atoms. The van der Waals surface area contributed by atoms with Gasteiger partial charge >= 0.3 is 0 Å². The zero-order valence-electron chi connectivity index (χ0n) is 10.2. The van der Waals surface area contributed by atoms with E-state index < -0.39 is 11.6 Å². The standard InChI is InChI=1S/C12H18F2N2S/c1-16(5-6-17-2)12-10(13)7-9(3-4-15)8-11(12)14/h7-8H,3-6,15H2,1-2H3. The van der Waals surface area contributed by atoms with Gasteiger partial charge in [0.2, 0.25) is 0 Å². The highest BCUT2D eigenvalue weighted by Crippen LogP contribution is 2.24. The molecule has 0 heterocycles. The number of nitrogens with zero attached hydrogens (tertiary/aromatic N) is 1. The summed E-state index contributed by atoms with van der Waals surface area (Å²) >= 11 is 1.64. The van der Waals surface area contributed by atoms with E-state index in [2.05, 4.69) is 0 Å². The van der Waals surface area contributed by atoms with Crippen molar-refractivity contribution in [1.29, 1.82) is 0 Å². The minimum atomic E-state index is -0.517. The van der Waals surface area contributed by atoms with Gasteiger partial charge < -0.3 is 10.6 Å². The van der Waals surface area contributed by atoms with E-state index in [-0.39, 0.29) is 5.69 Å². The molecule has 96 valence electrons. The molecule has 0 radical (unpaired) electrons.